The number of para-hydroxylation sites is 2. The van der Waals surface area contributed by atoms with Crippen molar-refractivity contribution in [2.45, 2.75) is 6.42 Å². The Bertz CT molecular complexity index is 651. The summed E-state index contributed by atoms with van der Waals surface area (Å²) in [4.78, 5) is 4.23. The lowest BCUT2D eigenvalue weighted by molar-refractivity contribution is 0.313. The van der Waals surface area contributed by atoms with Gasteiger partial charge in [-0.25, -0.2) is 4.39 Å². The van der Waals surface area contributed by atoms with Gasteiger partial charge in [-0.15, -0.1) is 24.0 Å². The molecular formula is C17H21FIN3O2. The van der Waals surface area contributed by atoms with E-state index in [2.05, 4.69) is 10.3 Å². The van der Waals surface area contributed by atoms with E-state index in [1.807, 2.05) is 24.3 Å². The van der Waals surface area contributed by atoms with Crippen molar-refractivity contribution in [2.75, 3.05) is 25.6 Å². The quantitative estimate of drug-likeness (QED) is 0.296. The van der Waals surface area contributed by atoms with Gasteiger partial charge in [-0.2, -0.15) is 0 Å². The molecule has 0 radical (unpaired) electrons. The number of rotatable bonds is 7. The standard InChI is InChI=1S/C17H20FN3O2.HI/c1-22-16-6-3-2-5-15(16)21-17(19)20-11-4-12-23-14-9-7-13(18)8-10-14;/h2-3,5-10H,4,11-12H2,1H3,(H3,19,20,21);1H. The van der Waals surface area contributed by atoms with Gasteiger partial charge < -0.3 is 20.5 Å². The van der Waals surface area contributed by atoms with Crippen LogP contribution in [0.5, 0.6) is 11.5 Å². The summed E-state index contributed by atoms with van der Waals surface area (Å²) < 4.78 is 23.5. The second-order valence-corrected chi connectivity index (χ2v) is 4.75. The summed E-state index contributed by atoms with van der Waals surface area (Å²) in [5, 5.41) is 3.00. The molecular weight excluding hydrogens is 424 g/mol. The van der Waals surface area contributed by atoms with Crippen LogP contribution in [0.4, 0.5) is 10.1 Å². The van der Waals surface area contributed by atoms with Crippen LogP contribution in [-0.2, 0) is 0 Å². The van der Waals surface area contributed by atoms with Gasteiger partial charge in [0.15, 0.2) is 5.96 Å². The molecule has 2 aromatic rings. The van der Waals surface area contributed by atoms with Crippen molar-refractivity contribution in [1.29, 1.82) is 0 Å². The average Bonchev–Trinajstić information content (AvgIpc) is 2.57. The van der Waals surface area contributed by atoms with Crippen LogP contribution in [0, 0.1) is 5.82 Å². The number of methoxy groups -OCH3 is 1. The predicted octanol–water partition coefficient (Wildman–Crippen LogP) is 3.65. The zero-order chi connectivity index (χ0) is 16.5. The molecule has 0 spiro atoms. The zero-order valence-corrected chi connectivity index (χ0v) is 15.7. The fraction of sp³-hybridized carbons (Fsp3) is 0.235. The molecule has 130 valence electrons. The number of aliphatic imine (C=N–C) groups is 1. The summed E-state index contributed by atoms with van der Waals surface area (Å²) >= 11 is 0. The molecule has 2 aromatic carbocycles. The number of guanidine groups is 1. The van der Waals surface area contributed by atoms with Crippen LogP contribution in [0.15, 0.2) is 53.5 Å². The maximum absolute atomic E-state index is 12.7. The highest BCUT2D eigenvalue weighted by atomic mass is 127. The molecule has 0 saturated heterocycles. The Labute approximate surface area is 158 Å². The van der Waals surface area contributed by atoms with Crippen LogP contribution in [0.25, 0.3) is 0 Å². The molecule has 0 atom stereocenters. The summed E-state index contributed by atoms with van der Waals surface area (Å²) in [5.41, 5.74) is 6.60. The minimum Gasteiger partial charge on any atom is -0.495 e. The van der Waals surface area contributed by atoms with Crippen LogP contribution in [0.2, 0.25) is 0 Å². The van der Waals surface area contributed by atoms with E-state index in [9.17, 15) is 4.39 Å². The van der Waals surface area contributed by atoms with Crippen LogP contribution in [0.1, 0.15) is 6.42 Å². The van der Waals surface area contributed by atoms with Crippen molar-refractivity contribution in [3.8, 4) is 11.5 Å². The van der Waals surface area contributed by atoms with E-state index >= 15 is 0 Å². The van der Waals surface area contributed by atoms with Gasteiger partial charge in [0.25, 0.3) is 0 Å². The number of nitrogens with zero attached hydrogens (tertiary/aromatic N) is 1. The molecule has 0 aliphatic carbocycles. The Morgan fingerprint density at radius 3 is 2.58 bits per heavy atom. The number of benzene rings is 2. The normalized spacial score (nSPS) is 10.7. The van der Waals surface area contributed by atoms with E-state index in [0.29, 0.717) is 37.0 Å². The minimum atomic E-state index is -0.280. The Morgan fingerprint density at radius 1 is 1.17 bits per heavy atom. The van der Waals surface area contributed by atoms with Gasteiger partial charge in [0, 0.05) is 13.0 Å². The van der Waals surface area contributed by atoms with Crippen molar-refractivity contribution in [1.82, 2.24) is 0 Å². The number of hydrogen-bond acceptors (Lipinski definition) is 3. The van der Waals surface area contributed by atoms with Crippen molar-refractivity contribution < 1.29 is 13.9 Å². The van der Waals surface area contributed by atoms with Gasteiger partial charge in [0.05, 0.1) is 19.4 Å². The second-order valence-electron chi connectivity index (χ2n) is 4.75. The Morgan fingerprint density at radius 2 is 1.88 bits per heavy atom. The molecule has 0 bridgehead atoms. The molecule has 5 nitrogen and oxygen atoms in total. The molecule has 3 N–H and O–H groups in total. The van der Waals surface area contributed by atoms with Crippen LogP contribution in [0.3, 0.4) is 0 Å². The minimum absolute atomic E-state index is 0. The molecule has 0 saturated carbocycles. The van der Waals surface area contributed by atoms with E-state index in [-0.39, 0.29) is 29.8 Å². The highest BCUT2D eigenvalue weighted by Gasteiger charge is 2.02. The number of hydrogen-bond donors (Lipinski definition) is 2. The monoisotopic (exact) mass is 445 g/mol. The lowest BCUT2D eigenvalue weighted by atomic mass is 10.3. The van der Waals surface area contributed by atoms with Crippen molar-refractivity contribution >= 4 is 35.6 Å². The third kappa shape index (κ3) is 6.61. The Kier molecular flexibility index (Phi) is 8.92. The molecule has 0 aliphatic heterocycles. The number of nitrogens with two attached hydrogens (primary N) is 1. The third-order valence-corrected chi connectivity index (χ3v) is 3.04. The largest absolute Gasteiger partial charge is 0.495 e. The first kappa shape index (κ1) is 20.0. The summed E-state index contributed by atoms with van der Waals surface area (Å²) in [6, 6.07) is 13.4. The molecule has 0 amide bonds. The first-order chi connectivity index (χ1) is 11.2. The van der Waals surface area contributed by atoms with Gasteiger partial charge >= 0.3 is 0 Å². The molecule has 0 heterocycles. The zero-order valence-electron chi connectivity index (χ0n) is 13.4. The van der Waals surface area contributed by atoms with Gasteiger partial charge in [-0.05, 0) is 36.4 Å². The molecule has 0 aromatic heterocycles. The van der Waals surface area contributed by atoms with Crippen LogP contribution >= 0.6 is 24.0 Å². The summed E-state index contributed by atoms with van der Waals surface area (Å²) in [6.07, 6.45) is 0.700. The number of nitrogens with one attached hydrogen (secondary N) is 1. The molecule has 0 fully saturated rings. The van der Waals surface area contributed by atoms with E-state index in [4.69, 9.17) is 15.2 Å². The molecule has 0 unspecified atom stereocenters. The average molecular weight is 445 g/mol. The smallest absolute Gasteiger partial charge is 0.193 e. The summed E-state index contributed by atoms with van der Waals surface area (Å²) in [7, 11) is 1.60. The van der Waals surface area contributed by atoms with Crippen molar-refractivity contribution in [2.24, 2.45) is 10.7 Å². The molecule has 24 heavy (non-hydrogen) atoms. The maximum Gasteiger partial charge on any atom is 0.193 e. The number of anilines is 1. The third-order valence-electron chi connectivity index (χ3n) is 3.04. The van der Waals surface area contributed by atoms with Crippen molar-refractivity contribution in [3.63, 3.8) is 0 Å². The fourth-order valence-electron chi connectivity index (χ4n) is 1.91. The highest BCUT2D eigenvalue weighted by molar-refractivity contribution is 14.0. The predicted molar refractivity (Wildman–Crippen MR) is 105 cm³/mol. The molecule has 2 rings (SSSR count). The van der Waals surface area contributed by atoms with Crippen LogP contribution in [-0.4, -0.2) is 26.2 Å². The van der Waals surface area contributed by atoms with E-state index in [1.54, 1.807) is 19.2 Å². The Hall–Kier alpha value is -2.03. The first-order valence-electron chi connectivity index (χ1n) is 7.27. The summed E-state index contributed by atoms with van der Waals surface area (Å²) in [6.45, 7) is 1.01. The van der Waals surface area contributed by atoms with Crippen LogP contribution < -0.4 is 20.5 Å². The first-order valence-corrected chi connectivity index (χ1v) is 7.27. The van der Waals surface area contributed by atoms with Crippen molar-refractivity contribution in [3.05, 3.63) is 54.3 Å². The van der Waals surface area contributed by atoms with Gasteiger partial charge in [-0.1, -0.05) is 12.1 Å². The van der Waals surface area contributed by atoms with E-state index in [1.165, 1.54) is 12.1 Å². The number of ether oxygens (including phenoxy) is 2. The maximum atomic E-state index is 12.7. The van der Waals surface area contributed by atoms with E-state index < -0.39 is 0 Å². The summed E-state index contributed by atoms with van der Waals surface area (Å²) in [5.74, 6) is 1.37. The van der Waals surface area contributed by atoms with Gasteiger partial charge in [0.1, 0.15) is 17.3 Å². The number of halogens is 2. The Balaban J connectivity index is 0.00000288. The lowest BCUT2D eigenvalue weighted by Gasteiger charge is -2.10. The molecule has 7 heteroatoms. The fourth-order valence-corrected chi connectivity index (χ4v) is 1.91. The SMILES string of the molecule is COc1ccccc1NC(N)=NCCCOc1ccc(F)cc1.I. The van der Waals surface area contributed by atoms with Gasteiger partial charge in [0.2, 0.25) is 0 Å². The topological polar surface area (TPSA) is 68.9 Å². The van der Waals surface area contributed by atoms with E-state index in [0.717, 1.165) is 5.69 Å². The highest BCUT2D eigenvalue weighted by Crippen LogP contribution is 2.22. The second kappa shape index (κ2) is 10.7. The lowest BCUT2D eigenvalue weighted by Crippen LogP contribution is -2.23. The molecule has 0 aliphatic rings. The van der Waals surface area contributed by atoms with Gasteiger partial charge in [-0.3, -0.25) is 4.99 Å².